The van der Waals surface area contributed by atoms with Crippen LogP contribution in [-0.2, 0) is 33.6 Å². The van der Waals surface area contributed by atoms with Crippen molar-refractivity contribution in [3.63, 3.8) is 0 Å². The van der Waals surface area contributed by atoms with Crippen LogP contribution in [0.15, 0.2) is 0 Å². The molecule has 0 saturated carbocycles. The first-order valence-electron chi connectivity index (χ1n) is 11.5. The highest BCUT2D eigenvalue weighted by Crippen LogP contribution is 2.09. The fraction of sp³-hybridized carbons (Fsp3) is 0.708. The van der Waals surface area contributed by atoms with Gasteiger partial charge in [0, 0.05) is 89.9 Å². The molecule has 32 heavy (non-hydrogen) atoms. The Labute approximate surface area is 190 Å². The number of hydrogen-bond acceptors (Lipinski definition) is 8. The Balaban J connectivity index is 3.88. The van der Waals surface area contributed by atoms with Gasteiger partial charge >= 0.3 is 0 Å². The number of rotatable bonds is 22. The number of hydrogen-bond donors (Lipinski definition) is 1. The first kappa shape index (κ1) is 29.7. The maximum absolute atomic E-state index is 11.9. The van der Waals surface area contributed by atoms with Gasteiger partial charge in [-0.3, -0.25) is 33.6 Å². The van der Waals surface area contributed by atoms with Crippen molar-refractivity contribution in [3.8, 4) is 0 Å². The van der Waals surface area contributed by atoms with Crippen molar-refractivity contribution in [3.05, 3.63) is 0 Å². The molecule has 0 spiro atoms. The Morgan fingerprint density at radius 1 is 0.375 bits per heavy atom. The first-order chi connectivity index (χ1) is 15.2. The van der Waals surface area contributed by atoms with E-state index >= 15 is 0 Å². The van der Waals surface area contributed by atoms with Gasteiger partial charge in [0.05, 0.1) is 0 Å². The lowest BCUT2D eigenvalue weighted by molar-refractivity contribution is -0.128. The molecule has 0 fully saturated rings. The largest absolute Gasteiger partial charge is 0.330 e. The molecular formula is C24H37NO7. The molecule has 0 amide bonds. The maximum Gasteiger partial charge on any atom is 0.134 e. The Morgan fingerprint density at radius 3 is 0.750 bits per heavy atom. The van der Waals surface area contributed by atoms with Gasteiger partial charge in [0.25, 0.3) is 0 Å². The monoisotopic (exact) mass is 451 g/mol. The molecule has 0 aromatic carbocycles. The van der Waals surface area contributed by atoms with Crippen molar-refractivity contribution >= 4 is 40.5 Å². The molecule has 0 aliphatic carbocycles. The fourth-order valence-electron chi connectivity index (χ4n) is 2.99. The van der Waals surface area contributed by atoms with Gasteiger partial charge < -0.3 is 5.73 Å². The summed E-state index contributed by atoms with van der Waals surface area (Å²) < 4.78 is 0. The van der Waals surface area contributed by atoms with E-state index in [1.54, 1.807) is 0 Å². The smallest absolute Gasteiger partial charge is 0.134 e. The van der Waals surface area contributed by atoms with Gasteiger partial charge in [-0.05, 0) is 13.0 Å². The molecule has 0 atom stereocenters. The van der Waals surface area contributed by atoms with E-state index in [0.29, 0.717) is 6.42 Å². The van der Waals surface area contributed by atoms with Gasteiger partial charge in [0.15, 0.2) is 0 Å². The highest BCUT2D eigenvalue weighted by Gasteiger charge is 2.14. The zero-order chi connectivity index (χ0) is 24.4. The fourth-order valence-corrected chi connectivity index (χ4v) is 2.99. The van der Waals surface area contributed by atoms with Crippen LogP contribution >= 0.6 is 0 Å². The third kappa shape index (κ3) is 17.3. The topological polar surface area (TPSA) is 146 Å². The molecule has 0 aromatic rings. The predicted molar refractivity (Wildman–Crippen MR) is 119 cm³/mol. The second-order valence-corrected chi connectivity index (χ2v) is 8.06. The van der Waals surface area contributed by atoms with Gasteiger partial charge in [0.1, 0.15) is 40.5 Å². The van der Waals surface area contributed by atoms with Crippen LogP contribution in [0.25, 0.3) is 0 Å². The highest BCUT2D eigenvalue weighted by atomic mass is 16.2. The lowest BCUT2D eigenvalue weighted by Crippen LogP contribution is -2.11. The average molecular weight is 452 g/mol. The number of carbonyl (C=O) groups excluding carboxylic acids is 7. The van der Waals surface area contributed by atoms with Gasteiger partial charge in [-0.2, -0.15) is 0 Å². The molecule has 0 bridgehead atoms. The molecule has 0 unspecified atom stereocenters. The van der Waals surface area contributed by atoms with Gasteiger partial charge in [-0.1, -0.05) is 6.92 Å². The molecule has 0 rings (SSSR count). The van der Waals surface area contributed by atoms with Gasteiger partial charge in [0.2, 0.25) is 0 Å². The molecule has 0 saturated heterocycles. The first-order valence-corrected chi connectivity index (χ1v) is 11.5. The molecule has 2 N–H and O–H groups in total. The Morgan fingerprint density at radius 2 is 0.562 bits per heavy atom. The average Bonchev–Trinajstić information content (AvgIpc) is 2.76. The Bertz CT molecular complexity index is 626. The van der Waals surface area contributed by atoms with E-state index in [-0.39, 0.29) is 130 Å². The summed E-state index contributed by atoms with van der Waals surface area (Å²) >= 11 is 0. The molecule has 0 heterocycles. The summed E-state index contributed by atoms with van der Waals surface area (Å²) in [5.74, 6) is -0.903. The van der Waals surface area contributed by atoms with Crippen LogP contribution in [0.2, 0.25) is 0 Å². The number of nitrogens with two attached hydrogens (primary N) is 1. The van der Waals surface area contributed by atoms with Crippen molar-refractivity contribution in [1.29, 1.82) is 0 Å². The van der Waals surface area contributed by atoms with Crippen LogP contribution < -0.4 is 5.73 Å². The molecule has 0 aliphatic rings. The van der Waals surface area contributed by atoms with E-state index in [2.05, 4.69) is 0 Å². The van der Waals surface area contributed by atoms with Gasteiger partial charge in [-0.25, -0.2) is 0 Å². The van der Waals surface area contributed by atoms with Crippen LogP contribution in [0.5, 0.6) is 0 Å². The van der Waals surface area contributed by atoms with E-state index in [1.807, 2.05) is 6.92 Å². The van der Waals surface area contributed by atoms with Crippen LogP contribution in [0.3, 0.4) is 0 Å². The molecule has 8 heteroatoms. The minimum Gasteiger partial charge on any atom is -0.330 e. The zero-order valence-electron chi connectivity index (χ0n) is 19.2. The summed E-state index contributed by atoms with van der Waals surface area (Å²) in [5.41, 5.74) is 5.27. The Kier molecular flexibility index (Phi) is 16.9. The van der Waals surface area contributed by atoms with Gasteiger partial charge in [-0.15, -0.1) is 0 Å². The van der Waals surface area contributed by atoms with Crippen molar-refractivity contribution in [2.24, 2.45) is 5.73 Å². The molecule has 0 radical (unpaired) electrons. The van der Waals surface area contributed by atoms with Crippen LogP contribution in [-0.4, -0.2) is 47.0 Å². The lowest BCUT2D eigenvalue weighted by atomic mass is 10.00. The van der Waals surface area contributed by atoms with E-state index in [1.165, 1.54) is 0 Å². The van der Waals surface area contributed by atoms with Crippen molar-refractivity contribution in [2.75, 3.05) is 6.54 Å². The normalized spacial score (nSPS) is 10.6. The minimum absolute atomic E-state index is 0.0216. The summed E-state index contributed by atoms with van der Waals surface area (Å²) in [5, 5.41) is 0. The summed E-state index contributed by atoms with van der Waals surface area (Å²) in [6.07, 6.45) is 2.40. The highest BCUT2D eigenvalue weighted by molar-refractivity contribution is 5.92. The third-order valence-corrected chi connectivity index (χ3v) is 5.05. The van der Waals surface area contributed by atoms with Crippen molar-refractivity contribution in [2.45, 2.75) is 103 Å². The number of Topliss-reactive ketones (excluding diaryl/α,β-unsaturated/α-hetero) is 7. The van der Waals surface area contributed by atoms with E-state index in [4.69, 9.17) is 5.73 Å². The summed E-state index contributed by atoms with van der Waals surface area (Å²) in [6, 6.07) is 0. The standard InChI is InChI=1S/C24H37NO7/c1-2-3-18(26)4-5-19(27)6-7-20(28)8-9-21(29)10-11-22(30)12-13-23(31)14-15-24(32)16-17-25/h2-17,25H2,1H3. The quantitative estimate of drug-likeness (QED) is 0.264. The van der Waals surface area contributed by atoms with Crippen molar-refractivity contribution in [1.82, 2.24) is 0 Å². The van der Waals surface area contributed by atoms with Crippen LogP contribution in [0, 0.1) is 0 Å². The molecular weight excluding hydrogens is 414 g/mol. The summed E-state index contributed by atoms with van der Waals surface area (Å²) in [6.45, 7) is 2.15. The lowest BCUT2D eigenvalue weighted by Gasteiger charge is -2.03. The van der Waals surface area contributed by atoms with E-state index in [9.17, 15) is 33.6 Å². The second kappa shape index (κ2) is 18.2. The predicted octanol–water partition coefficient (Wildman–Crippen LogP) is 2.80. The maximum atomic E-state index is 11.9. The van der Waals surface area contributed by atoms with E-state index < -0.39 is 0 Å². The molecule has 8 nitrogen and oxygen atoms in total. The SMILES string of the molecule is CCCC(=O)CCC(=O)CCC(=O)CCC(=O)CCC(=O)CCC(=O)CCC(=O)CCN. The molecule has 0 aliphatic heterocycles. The molecule has 0 aromatic heterocycles. The van der Waals surface area contributed by atoms with Crippen molar-refractivity contribution < 1.29 is 33.6 Å². The summed E-state index contributed by atoms with van der Waals surface area (Å²) in [7, 11) is 0. The zero-order valence-corrected chi connectivity index (χ0v) is 19.2. The molecule has 180 valence electrons. The minimum atomic E-state index is -0.207. The number of carbonyl (C=O) groups is 7. The number of ketones is 7. The Hall–Kier alpha value is -2.35. The second-order valence-electron chi connectivity index (χ2n) is 8.06. The van der Waals surface area contributed by atoms with Crippen LogP contribution in [0.1, 0.15) is 103 Å². The van der Waals surface area contributed by atoms with E-state index in [0.717, 1.165) is 6.42 Å². The van der Waals surface area contributed by atoms with Crippen LogP contribution in [0.4, 0.5) is 0 Å². The summed E-state index contributed by atoms with van der Waals surface area (Å²) in [4.78, 5) is 81.8. The third-order valence-electron chi connectivity index (χ3n) is 5.05.